The highest BCUT2D eigenvalue weighted by molar-refractivity contribution is 7.71. The highest BCUT2D eigenvalue weighted by Gasteiger charge is 2.13. The van der Waals surface area contributed by atoms with E-state index in [9.17, 15) is 4.79 Å². The number of hydrogen-bond acceptors (Lipinski definition) is 5. The second-order valence-corrected chi connectivity index (χ2v) is 7.98. The number of H-pyrrole nitrogens is 1. The Bertz CT molecular complexity index is 1000. The van der Waals surface area contributed by atoms with Crippen molar-refractivity contribution in [2.24, 2.45) is 0 Å². The molecule has 3 heterocycles. The van der Waals surface area contributed by atoms with Crippen LogP contribution in [0.1, 0.15) is 10.4 Å². The Morgan fingerprint density at radius 1 is 1.15 bits per heavy atom. The van der Waals surface area contributed by atoms with E-state index in [0.717, 1.165) is 49.5 Å². The van der Waals surface area contributed by atoms with Gasteiger partial charge in [0, 0.05) is 37.5 Å². The summed E-state index contributed by atoms with van der Waals surface area (Å²) in [5.74, 6) is 0. The van der Waals surface area contributed by atoms with Crippen molar-refractivity contribution in [2.45, 2.75) is 13.0 Å². The Balaban J connectivity index is 1.59. The molecule has 0 atom stereocenters. The number of thiophene rings is 1. The zero-order valence-corrected chi connectivity index (χ0v) is 16.1. The van der Waals surface area contributed by atoms with Gasteiger partial charge in [-0.05, 0) is 23.8 Å². The maximum absolute atomic E-state index is 12.9. The molecule has 3 aromatic rings. The fourth-order valence-corrected chi connectivity index (χ4v) is 4.67. The fourth-order valence-electron chi connectivity index (χ4n) is 3.25. The fraction of sp³-hybridized carbons (Fsp3) is 0.368. The van der Waals surface area contributed by atoms with Crippen molar-refractivity contribution in [3.05, 3.63) is 62.0 Å². The van der Waals surface area contributed by atoms with Crippen molar-refractivity contribution in [3.63, 3.8) is 0 Å². The molecular formula is C19H21N3O2S2. The third-order valence-corrected chi connectivity index (χ3v) is 6.06. The molecule has 0 saturated carbocycles. The van der Waals surface area contributed by atoms with Gasteiger partial charge in [0.15, 0.2) is 4.77 Å². The first-order valence-corrected chi connectivity index (χ1v) is 10.0. The van der Waals surface area contributed by atoms with Crippen LogP contribution in [0.4, 0.5) is 0 Å². The molecule has 4 rings (SSSR count). The van der Waals surface area contributed by atoms with Crippen LogP contribution in [0.2, 0.25) is 0 Å². The summed E-state index contributed by atoms with van der Waals surface area (Å²) in [7, 11) is 0. The number of nitrogens with zero attached hydrogens (tertiary/aromatic N) is 2. The van der Waals surface area contributed by atoms with E-state index in [1.54, 1.807) is 15.9 Å². The quantitative estimate of drug-likeness (QED) is 0.684. The Labute approximate surface area is 160 Å². The predicted molar refractivity (Wildman–Crippen MR) is 108 cm³/mol. The zero-order chi connectivity index (χ0) is 17.9. The second kappa shape index (κ2) is 7.84. The number of ether oxygens (including phenoxy) is 1. The molecule has 136 valence electrons. The van der Waals surface area contributed by atoms with Gasteiger partial charge in [-0.1, -0.05) is 30.3 Å². The first kappa shape index (κ1) is 17.6. The lowest BCUT2D eigenvalue weighted by molar-refractivity contribution is 0.0362. The van der Waals surface area contributed by atoms with Gasteiger partial charge >= 0.3 is 0 Å². The Kier molecular flexibility index (Phi) is 5.31. The van der Waals surface area contributed by atoms with E-state index in [-0.39, 0.29) is 5.56 Å². The van der Waals surface area contributed by atoms with Gasteiger partial charge in [0.1, 0.15) is 4.83 Å². The predicted octanol–water partition coefficient (Wildman–Crippen LogP) is 3.04. The van der Waals surface area contributed by atoms with E-state index in [4.69, 9.17) is 17.0 Å². The number of aromatic amines is 1. The van der Waals surface area contributed by atoms with Crippen LogP contribution in [0.3, 0.4) is 0 Å². The minimum Gasteiger partial charge on any atom is -0.379 e. The number of hydrogen-bond donors (Lipinski definition) is 1. The lowest BCUT2D eigenvalue weighted by Gasteiger charge is -2.26. The Morgan fingerprint density at radius 3 is 2.69 bits per heavy atom. The summed E-state index contributed by atoms with van der Waals surface area (Å²) in [4.78, 5) is 20.5. The number of morpholine rings is 1. The summed E-state index contributed by atoms with van der Waals surface area (Å²) in [6.07, 6.45) is 0.827. The molecule has 7 heteroatoms. The maximum atomic E-state index is 12.9. The summed E-state index contributed by atoms with van der Waals surface area (Å²) in [5, 5.41) is 0.733. The molecule has 0 unspecified atom stereocenters. The molecule has 1 N–H and O–H groups in total. The van der Waals surface area contributed by atoms with Crippen molar-refractivity contribution < 1.29 is 4.74 Å². The zero-order valence-electron chi connectivity index (χ0n) is 14.4. The van der Waals surface area contributed by atoms with E-state index >= 15 is 0 Å². The SMILES string of the molecule is O=c1c2cc(Cc3ccccc3)sc2[nH]c(=S)n1CCN1CCOCC1. The summed E-state index contributed by atoms with van der Waals surface area (Å²) in [6.45, 7) is 4.75. The molecule has 0 aliphatic carbocycles. The third kappa shape index (κ3) is 3.81. The molecule has 1 aliphatic heterocycles. The van der Waals surface area contributed by atoms with Crippen molar-refractivity contribution in [2.75, 3.05) is 32.8 Å². The van der Waals surface area contributed by atoms with Crippen LogP contribution in [-0.4, -0.2) is 47.3 Å². The number of fused-ring (bicyclic) bond motifs is 1. The summed E-state index contributed by atoms with van der Waals surface area (Å²) >= 11 is 7.06. The van der Waals surface area contributed by atoms with E-state index in [2.05, 4.69) is 22.0 Å². The van der Waals surface area contributed by atoms with Crippen molar-refractivity contribution in [1.82, 2.24) is 14.5 Å². The second-order valence-electron chi connectivity index (χ2n) is 6.46. The normalized spacial score (nSPS) is 15.5. The molecule has 26 heavy (non-hydrogen) atoms. The molecule has 0 bridgehead atoms. The van der Waals surface area contributed by atoms with Crippen LogP contribution in [0, 0.1) is 4.77 Å². The molecule has 1 fully saturated rings. The van der Waals surface area contributed by atoms with Gasteiger partial charge in [0.2, 0.25) is 0 Å². The minimum atomic E-state index is 0.00701. The van der Waals surface area contributed by atoms with Crippen LogP contribution in [0.25, 0.3) is 10.2 Å². The van der Waals surface area contributed by atoms with Gasteiger partial charge in [0.05, 0.1) is 18.6 Å². The molecule has 2 aromatic heterocycles. The van der Waals surface area contributed by atoms with E-state index < -0.39 is 0 Å². The highest BCUT2D eigenvalue weighted by atomic mass is 32.1. The van der Waals surface area contributed by atoms with E-state index in [1.807, 2.05) is 24.3 Å². The maximum Gasteiger partial charge on any atom is 0.263 e. The number of benzene rings is 1. The third-order valence-electron chi connectivity index (χ3n) is 4.69. The van der Waals surface area contributed by atoms with Crippen LogP contribution in [0.15, 0.2) is 41.2 Å². The standard InChI is InChI=1S/C19H21N3O2S2/c23-18-16-13-15(12-14-4-2-1-3-5-14)26-17(16)20-19(25)22(18)7-6-21-8-10-24-11-9-21/h1-5,13H,6-12H2,(H,20,25). The summed E-state index contributed by atoms with van der Waals surface area (Å²) < 4.78 is 7.56. The van der Waals surface area contributed by atoms with Gasteiger partial charge in [-0.3, -0.25) is 14.3 Å². The number of rotatable bonds is 5. The van der Waals surface area contributed by atoms with Gasteiger partial charge in [0.25, 0.3) is 5.56 Å². The summed E-state index contributed by atoms with van der Waals surface area (Å²) in [6, 6.07) is 12.3. The average molecular weight is 388 g/mol. The minimum absolute atomic E-state index is 0.00701. The lowest BCUT2D eigenvalue weighted by atomic mass is 10.1. The first-order valence-electron chi connectivity index (χ1n) is 8.80. The van der Waals surface area contributed by atoms with Crippen LogP contribution in [-0.2, 0) is 17.7 Å². The lowest BCUT2D eigenvalue weighted by Crippen LogP contribution is -2.39. The van der Waals surface area contributed by atoms with Crippen LogP contribution < -0.4 is 5.56 Å². The molecule has 1 aromatic carbocycles. The molecule has 0 radical (unpaired) electrons. The smallest absolute Gasteiger partial charge is 0.263 e. The van der Waals surface area contributed by atoms with Crippen molar-refractivity contribution >= 4 is 33.8 Å². The average Bonchev–Trinajstić information content (AvgIpc) is 3.05. The van der Waals surface area contributed by atoms with Gasteiger partial charge in [-0.2, -0.15) is 0 Å². The highest BCUT2D eigenvalue weighted by Crippen LogP contribution is 2.23. The largest absolute Gasteiger partial charge is 0.379 e. The van der Waals surface area contributed by atoms with Gasteiger partial charge < -0.3 is 9.72 Å². The molecule has 1 saturated heterocycles. The summed E-state index contributed by atoms with van der Waals surface area (Å²) in [5.41, 5.74) is 1.25. The van der Waals surface area contributed by atoms with Crippen LogP contribution in [0.5, 0.6) is 0 Å². The van der Waals surface area contributed by atoms with Gasteiger partial charge in [-0.15, -0.1) is 11.3 Å². The van der Waals surface area contributed by atoms with E-state index in [0.29, 0.717) is 11.3 Å². The number of aromatic nitrogens is 2. The van der Waals surface area contributed by atoms with E-state index in [1.165, 1.54) is 10.4 Å². The monoisotopic (exact) mass is 387 g/mol. The van der Waals surface area contributed by atoms with Crippen molar-refractivity contribution in [3.8, 4) is 0 Å². The Hall–Kier alpha value is -1.80. The van der Waals surface area contributed by atoms with Gasteiger partial charge in [-0.25, -0.2) is 0 Å². The Morgan fingerprint density at radius 2 is 1.92 bits per heavy atom. The molecule has 5 nitrogen and oxygen atoms in total. The molecule has 0 spiro atoms. The molecule has 1 aliphatic rings. The topological polar surface area (TPSA) is 50.3 Å². The number of nitrogens with one attached hydrogen (secondary N) is 1. The first-order chi connectivity index (χ1) is 12.7. The van der Waals surface area contributed by atoms with Crippen LogP contribution >= 0.6 is 23.6 Å². The van der Waals surface area contributed by atoms with Crippen molar-refractivity contribution in [1.29, 1.82) is 0 Å². The molecule has 0 amide bonds. The molecular weight excluding hydrogens is 366 g/mol.